The third-order valence-corrected chi connectivity index (χ3v) is 4.06. The summed E-state index contributed by atoms with van der Waals surface area (Å²) in [4.78, 5) is 4.03. The molecule has 0 aliphatic heterocycles. The number of hydrogen-bond acceptors (Lipinski definition) is 2. The summed E-state index contributed by atoms with van der Waals surface area (Å²) in [6.07, 6.45) is 10.1. The van der Waals surface area contributed by atoms with E-state index in [9.17, 15) is 0 Å². The fourth-order valence-corrected chi connectivity index (χ4v) is 2.38. The molecular formula is C13H17ClN2. The van der Waals surface area contributed by atoms with Gasteiger partial charge in [-0.05, 0) is 49.1 Å². The molecule has 2 fully saturated rings. The van der Waals surface area contributed by atoms with Crippen molar-refractivity contribution in [1.29, 1.82) is 0 Å². The highest BCUT2D eigenvalue weighted by Gasteiger charge is 2.43. The Kier molecular flexibility index (Phi) is 2.64. The molecule has 3 rings (SSSR count). The second kappa shape index (κ2) is 4.01. The van der Waals surface area contributed by atoms with Gasteiger partial charge in [-0.1, -0.05) is 11.6 Å². The minimum absolute atomic E-state index is 0.494. The van der Waals surface area contributed by atoms with Crippen LogP contribution in [-0.4, -0.2) is 17.6 Å². The number of nitrogens with zero attached hydrogens (tertiary/aromatic N) is 1. The number of halogens is 1. The van der Waals surface area contributed by atoms with Crippen LogP contribution in [0.4, 0.5) is 0 Å². The molecule has 1 N–H and O–H groups in total. The van der Waals surface area contributed by atoms with E-state index in [1.165, 1.54) is 31.2 Å². The lowest BCUT2D eigenvalue weighted by Crippen LogP contribution is -2.27. The summed E-state index contributed by atoms with van der Waals surface area (Å²) in [5.41, 5.74) is 1.75. The molecule has 3 heteroatoms. The van der Waals surface area contributed by atoms with Crippen molar-refractivity contribution in [2.45, 2.75) is 38.1 Å². The van der Waals surface area contributed by atoms with Crippen molar-refractivity contribution in [3.8, 4) is 0 Å². The Hall–Kier alpha value is -0.600. The smallest absolute Gasteiger partial charge is 0.0621 e. The van der Waals surface area contributed by atoms with Crippen LogP contribution in [0.2, 0.25) is 5.02 Å². The lowest BCUT2D eigenvalue weighted by Gasteiger charge is -2.16. The molecule has 2 aliphatic carbocycles. The van der Waals surface area contributed by atoms with Crippen LogP contribution in [0.15, 0.2) is 18.5 Å². The molecule has 0 atom stereocenters. The molecule has 0 saturated heterocycles. The normalized spacial score (nSPS) is 22.1. The molecule has 0 unspecified atom stereocenters. The van der Waals surface area contributed by atoms with Gasteiger partial charge in [0, 0.05) is 25.0 Å². The summed E-state index contributed by atoms with van der Waals surface area (Å²) in [6.45, 7) is 1.16. The molecule has 16 heavy (non-hydrogen) atoms. The lowest BCUT2D eigenvalue weighted by molar-refractivity contribution is 0.453. The van der Waals surface area contributed by atoms with Crippen molar-refractivity contribution in [1.82, 2.24) is 10.3 Å². The Morgan fingerprint density at radius 2 is 2.25 bits per heavy atom. The molecule has 2 aliphatic rings. The Morgan fingerprint density at radius 1 is 1.44 bits per heavy atom. The highest BCUT2D eigenvalue weighted by Crippen LogP contribution is 2.48. The van der Waals surface area contributed by atoms with Crippen LogP contribution in [0, 0.1) is 5.41 Å². The zero-order valence-electron chi connectivity index (χ0n) is 9.38. The number of hydrogen-bond donors (Lipinski definition) is 1. The number of pyridine rings is 1. The van der Waals surface area contributed by atoms with E-state index in [1.54, 1.807) is 6.20 Å². The number of aromatic nitrogens is 1. The van der Waals surface area contributed by atoms with Crippen molar-refractivity contribution < 1.29 is 0 Å². The lowest BCUT2D eigenvalue weighted by atomic mass is 9.97. The van der Waals surface area contributed by atoms with Crippen LogP contribution in [0.25, 0.3) is 0 Å². The Balaban J connectivity index is 1.62. The Bertz CT molecular complexity index is 383. The minimum atomic E-state index is 0.494. The van der Waals surface area contributed by atoms with Gasteiger partial charge < -0.3 is 5.32 Å². The number of rotatable bonds is 5. The molecule has 2 saturated carbocycles. The molecule has 0 bridgehead atoms. The summed E-state index contributed by atoms with van der Waals surface area (Å²) >= 11 is 6.15. The van der Waals surface area contributed by atoms with Gasteiger partial charge in [-0.25, -0.2) is 0 Å². The van der Waals surface area contributed by atoms with Crippen LogP contribution in [-0.2, 0) is 6.42 Å². The molecule has 1 heterocycles. The van der Waals surface area contributed by atoms with Gasteiger partial charge in [0.25, 0.3) is 0 Å². The average molecular weight is 237 g/mol. The zero-order valence-corrected chi connectivity index (χ0v) is 10.1. The topological polar surface area (TPSA) is 24.9 Å². The van der Waals surface area contributed by atoms with E-state index < -0.39 is 0 Å². The van der Waals surface area contributed by atoms with Gasteiger partial charge in [-0.15, -0.1) is 0 Å². The third-order valence-electron chi connectivity index (χ3n) is 3.72. The van der Waals surface area contributed by atoms with E-state index in [0.29, 0.717) is 5.41 Å². The molecule has 1 aromatic heterocycles. The van der Waals surface area contributed by atoms with Gasteiger partial charge in [0.15, 0.2) is 0 Å². The van der Waals surface area contributed by atoms with Crippen molar-refractivity contribution >= 4 is 11.6 Å². The fourth-order valence-electron chi connectivity index (χ4n) is 2.19. The van der Waals surface area contributed by atoms with E-state index in [-0.39, 0.29) is 0 Å². The second-order valence-corrected chi connectivity index (χ2v) is 5.71. The SMILES string of the molecule is Clc1cnccc1CC1(CNC2CC2)CC1. The minimum Gasteiger partial charge on any atom is -0.313 e. The van der Waals surface area contributed by atoms with Gasteiger partial charge in [0.2, 0.25) is 0 Å². The predicted octanol–water partition coefficient (Wildman–Crippen LogP) is 2.81. The van der Waals surface area contributed by atoms with E-state index in [2.05, 4.69) is 16.4 Å². The van der Waals surface area contributed by atoms with Gasteiger partial charge in [-0.2, -0.15) is 0 Å². The van der Waals surface area contributed by atoms with Crippen molar-refractivity contribution in [3.05, 3.63) is 29.0 Å². The first-order valence-electron chi connectivity index (χ1n) is 6.09. The van der Waals surface area contributed by atoms with Crippen molar-refractivity contribution in [2.75, 3.05) is 6.54 Å². The van der Waals surface area contributed by atoms with Gasteiger partial charge in [0.1, 0.15) is 0 Å². The monoisotopic (exact) mass is 236 g/mol. The summed E-state index contributed by atoms with van der Waals surface area (Å²) in [5.74, 6) is 0. The van der Waals surface area contributed by atoms with Crippen LogP contribution < -0.4 is 5.32 Å². The highest BCUT2D eigenvalue weighted by molar-refractivity contribution is 6.31. The molecular weight excluding hydrogens is 220 g/mol. The maximum Gasteiger partial charge on any atom is 0.0621 e. The second-order valence-electron chi connectivity index (χ2n) is 5.30. The highest BCUT2D eigenvalue weighted by atomic mass is 35.5. The first-order chi connectivity index (χ1) is 7.77. The van der Waals surface area contributed by atoms with E-state index in [0.717, 1.165) is 24.0 Å². The van der Waals surface area contributed by atoms with Crippen LogP contribution in [0.5, 0.6) is 0 Å². The molecule has 1 aromatic rings. The largest absolute Gasteiger partial charge is 0.313 e. The summed E-state index contributed by atoms with van der Waals surface area (Å²) < 4.78 is 0. The molecule has 2 nitrogen and oxygen atoms in total. The molecule has 86 valence electrons. The molecule has 0 spiro atoms. The maximum atomic E-state index is 6.15. The van der Waals surface area contributed by atoms with Crippen molar-refractivity contribution in [2.24, 2.45) is 5.41 Å². The summed E-state index contributed by atoms with van der Waals surface area (Å²) in [7, 11) is 0. The standard InChI is InChI=1S/C13H17ClN2/c14-12-8-15-6-3-10(12)7-13(4-5-13)9-16-11-1-2-11/h3,6,8,11,16H,1-2,4-5,7,9H2. The maximum absolute atomic E-state index is 6.15. The van der Waals surface area contributed by atoms with Crippen LogP contribution in [0.3, 0.4) is 0 Å². The molecule has 0 aromatic carbocycles. The first-order valence-corrected chi connectivity index (χ1v) is 6.47. The average Bonchev–Trinajstić information content (AvgIpc) is 3.13. The van der Waals surface area contributed by atoms with Crippen LogP contribution >= 0.6 is 11.6 Å². The Labute approximate surface area is 101 Å². The molecule has 0 amide bonds. The predicted molar refractivity (Wildman–Crippen MR) is 65.6 cm³/mol. The third kappa shape index (κ3) is 2.38. The van der Waals surface area contributed by atoms with E-state index >= 15 is 0 Å². The quantitative estimate of drug-likeness (QED) is 0.851. The van der Waals surface area contributed by atoms with Gasteiger partial charge in [-0.3, -0.25) is 4.98 Å². The first kappa shape index (κ1) is 10.5. The van der Waals surface area contributed by atoms with Crippen LogP contribution in [0.1, 0.15) is 31.2 Å². The zero-order chi connectivity index (χ0) is 11.0. The Morgan fingerprint density at radius 3 is 2.88 bits per heavy atom. The van der Waals surface area contributed by atoms with E-state index in [1.807, 2.05) is 6.20 Å². The number of nitrogens with one attached hydrogen (secondary N) is 1. The molecule has 0 radical (unpaired) electrons. The fraction of sp³-hybridized carbons (Fsp3) is 0.615. The summed E-state index contributed by atoms with van der Waals surface area (Å²) in [6, 6.07) is 2.87. The summed E-state index contributed by atoms with van der Waals surface area (Å²) in [5, 5.41) is 4.46. The van der Waals surface area contributed by atoms with Gasteiger partial charge >= 0.3 is 0 Å². The van der Waals surface area contributed by atoms with E-state index in [4.69, 9.17) is 11.6 Å². The van der Waals surface area contributed by atoms with Gasteiger partial charge in [0.05, 0.1) is 5.02 Å². The van der Waals surface area contributed by atoms with Crippen molar-refractivity contribution in [3.63, 3.8) is 0 Å².